The Balaban J connectivity index is 1.46. The van der Waals surface area contributed by atoms with Gasteiger partial charge in [0.05, 0.1) is 0 Å². The molecule has 0 amide bonds. The van der Waals surface area contributed by atoms with Crippen LogP contribution in [0.1, 0.15) is 40.9 Å². The molecule has 0 spiro atoms. The lowest BCUT2D eigenvalue weighted by atomic mass is 9.88. The zero-order chi connectivity index (χ0) is 20.9. The number of aryl methyl sites for hydroxylation is 1. The molecule has 3 aromatic rings. The number of rotatable bonds is 8. The van der Waals surface area contributed by atoms with Gasteiger partial charge in [0.1, 0.15) is 18.2 Å². The van der Waals surface area contributed by atoms with Gasteiger partial charge in [-0.25, -0.2) is 4.39 Å². The third kappa shape index (κ3) is 4.59. The van der Waals surface area contributed by atoms with Crippen LogP contribution in [0.15, 0.2) is 54.2 Å². The van der Waals surface area contributed by atoms with Crippen LogP contribution in [0.2, 0.25) is 0 Å². The molecular weight excluding hydrogens is 397 g/mol. The van der Waals surface area contributed by atoms with Gasteiger partial charge in [-0.15, -0.1) is 16.8 Å². The molecule has 4 nitrogen and oxygen atoms in total. The standard InChI is InChI=1S/C24H26FN3OS/c1-3-14-28-23(26-27-24(28)30-16-18-8-11-20(25)12-9-18)15-29-22-13-10-19-6-4-5-7-21(19)17(22)2/h3,8-13H,1,4-7,14-16H2,2H3. The highest BCUT2D eigenvalue weighted by molar-refractivity contribution is 7.98. The summed E-state index contributed by atoms with van der Waals surface area (Å²) < 4.78 is 21.3. The number of fused-ring (bicyclic) bond motifs is 1. The van der Waals surface area contributed by atoms with Crippen LogP contribution in [0.5, 0.6) is 5.75 Å². The van der Waals surface area contributed by atoms with E-state index in [1.165, 1.54) is 48.1 Å². The van der Waals surface area contributed by atoms with Crippen molar-refractivity contribution in [2.45, 2.75) is 56.7 Å². The minimum absolute atomic E-state index is 0.226. The van der Waals surface area contributed by atoms with E-state index in [2.05, 4.69) is 35.8 Å². The number of benzene rings is 2. The van der Waals surface area contributed by atoms with Crippen LogP contribution < -0.4 is 4.74 Å². The van der Waals surface area contributed by atoms with Crippen LogP contribution >= 0.6 is 11.8 Å². The number of aromatic nitrogens is 3. The molecule has 1 aliphatic rings. The van der Waals surface area contributed by atoms with Gasteiger partial charge in [0.15, 0.2) is 11.0 Å². The number of allylic oxidation sites excluding steroid dienone is 1. The van der Waals surface area contributed by atoms with Crippen molar-refractivity contribution in [3.63, 3.8) is 0 Å². The quantitative estimate of drug-likeness (QED) is 0.346. The first-order valence-corrected chi connectivity index (χ1v) is 11.3. The van der Waals surface area contributed by atoms with Gasteiger partial charge in [0.25, 0.3) is 0 Å². The van der Waals surface area contributed by atoms with E-state index in [9.17, 15) is 4.39 Å². The normalized spacial score (nSPS) is 13.1. The maximum absolute atomic E-state index is 13.1. The molecule has 0 fully saturated rings. The first kappa shape index (κ1) is 20.7. The molecule has 0 N–H and O–H groups in total. The van der Waals surface area contributed by atoms with Crippen LogP contribution in [0.25, 0.3) is 0 Å². The highest BCUT2D eigenvalue weighted by atomic mass is 32.2. The second kappa shape index (κ2) is 9.47. The summed E-state index contributed by atoms with van der Waals surface area (Å²) in [5.41, 5.74) is 5.19. The molecule has 1 aliphatic carbocycles. The molecule has 0 saturated heterocycles. The monoisotopic (exact) mass is 423 g/mol. The van der Waals surface area contributed by atoms with Gasteiger partial charge in [0.2, 0.25) is 0 Å². The van der Waals surface area contributed by atoms with Crippen LogP contribution in [0.4, 0.5) is 4.39 Å². The molecule has 0 aliphatic heterocycles. The first-order valence-electron chi connectivity index (χ1n) is 10.3. The third-order valence-electron chi connectivity index (χ3n) is 5.51. The average Bonchev–Trinajstić information content (AvgIpc) is 3.15. The summed E-state index contributed by atoms with van der Waals surface area (Å²) in [5, 5.41) is 9.50. The van der Waals surface area contributed by atoms with Crippen molar-refractivity contribution in [2.75, 3.05) is 0 Å². The molecule has 0 atom stereocenters. The van der Waals surface area contributed by atoms with Gasteiger partial charge in [-0.2, -0.15) is 0 Å². The molecule has 2 aromatic carbocycles. The molecule has 0 saturated carbocycles. The Morgan fingerprint density at radius 2 is 1.93 bits per heavy atom. The molecule has 1 heterocycles. The zero-order valence-corrected chi connectivity index (χ0v) is 18.1. The van der Waals surface area contributed by atoms with Crippen molar-refractivity contribution in [1.82, 2.24) is 14.8 Å². The van der Waals surface area contributed by atoms with Crippen molar-refractivity contribution in [3.8, 4) is 5.75 Å². The van der Waals surface area contributed by atoms with Gasteiger partial charge in [-0.05, 0) is 73.1 Å². The van der Waals surface area contributed by atoms with E-state index >= 15 is 0 Å². The molecule has 6 heteroatoms. The zero-order valence-electron chi connectivity index (χ0n) is 17.2. The van der Waals surface area contributed by atoms with E-state index in [1.54, 1.807) is 23.9 Å². The van der Waals surface area contributed by atoms with Gasteiger partial charge in [0, 0.05) is 12.3 Å². The Kier molecular flexibility index (Phi) is 6.53. The molecule has 30 heavy (non-hydrogen) atoms. The molecule has 4 rings (SSSR count). The van der Waals surface area contributed by atoms with Gasteiger partial charge >= 0.3 is 0 Å². The summed E-state index contributed by atoms with van der Waals surface area (Å²) >= 11 is 1.57. The van der Waals surface area contributed by atoms with E-state index in [1.807, 2.05) is 10.6 Å². The fraction of sp³-hybridized carbons (Fsp3) is 0.333. The summed E-state index contributed by atoms with van der Waals surface area (Å²) in [6.45, 7) is 6.98. The van der Waals surface area contributed by atoms with Gasteiger partial charge in [-0.3, -0.25) is 4.57 Å². The van der Waals surface area contributed by atoms with Gasteiger partial charge < -0.3 is 4.74 Å². The topological polar surface area (TPSA) is 39.9 Å². The van der Waals surface area contributed by atoms with Crippen molar-refractivity contribution >= 4 is 11.8 Å². The van der Waals surface area contributed by atoms with Gasteiger partial charge in [-0.1, -0.05) is 36.0 Å². The predicted octanol–water partition coefficient (Wildman–Crippen LogP) is 5.66. The Bertz CT molecular complexity index is 1030. The minimum Gasteiger partial charge on any atom is -0.485 e. The summed E-state index contributed by atoms with van der Waals surface area (Å²) in [7, 11) is 0. The Hall–Kier alpha value is -2.60. The molecule has 1 aromatic heterocycles. The maximum atomic E-state index is 13.1. The highest BCUT2D eigenvalue weighted by Gasteiger charge is 2.16. The van der Waals surface area contributed by atoms with Crippen LogP contribution in [0, 0.1) is 12.7 Å². The van der Waals surface area contributed by atoms with E-state index in [-0.39, 0.29) is 5.82 Å². The number of nitrogens with zero attached hydrogens (tertiary/aromatic N) is 3. The predicted molar refractivity (Wildman–Crippen MR) is 118 cm³/mol. The van der Waals surface area contributed by atoms with Crippen LogP contribution in [-0.4, -0.2) is 14.8 Å². The summed E-state index contributed by atoms with van der Waals surface area (Å²) in [6.07, 6.45) is 6.65. The summed E-state index contributed by atoms with van der Waals surface area (Å²) in [4.78, 5) is 0. The molecule has 156 valence electrons. The van der Waals surface area contributed by atoms with Crippen molar-refractivity contribution < 1.29 is 9.13 Å². The van der Waals surface area contributed by atoms with Crippen LogP contribution in [-0.2, 0) is 31.7 Å². The molecule has 0 radical (unpaired) electrons. The van der Waals surface area contributed by atoms with E-state index in [0.717, 1.165) is 28.7 Å². The third-order valence-corrected chi connectivity index (χ3v) is 6.55. The average molecular weight is 424 g/mol. The number of hydrogen-bond donors (Lipinski definition) is 0. The molecular formula is C24H26FN3OS. The largest absolute Gasteiger partial charge is 0.485 e. The van der Waals surface area contributed by atoms with Crippen molar-refractivity contribution in [1.29, 1.82) is 0 Å². The van der Waals surface area contributed by atoms with E-state index < -0.39 is 0 Å². The SMILES string of the molecule is C=CCn1c(COc2ccc3c(c2C)CCCC3)nnc1SCc1ccc(F)cc1. The van der Waals surface area contributed by atoms with Crippen LogP contribution in [0.3, 0.4) is 0 Å². The summed E-state index contributed by atoms with van der Waals surface area (Å²) in [5.74, 6) is 2.16. The fourth-order valence-electron chi connectivity index (χ4n) is 3.86. The Morgan fingerprint density at radius 1 is 1.13 bits per heavy atom. The second-order valence-electron chi connectivity index (χ2n) is 7.54. The highest BCUT2D eigenvalue weighted by Crippen LogP contribution is 2.31. The lowest BCUT2D eigenvalue weighted by Gasteiger charge is -2.20. The summed E-state index contributed by atoms with van der Waals surface area (Å²) in [6, 6.07) is 10.8. The maximum Gasteiger partial charge on any atom is 0.191 e. The number of ether oxygens (including phenoxy) is 1. The van der Waals surface area contributed by atoms with E-state index in [4.69, 9.17) is 4.74 Å². The second-order valence-corrected chi connectivity index (χ2v) is 8.48. The number of thioether (sulfide) groups is 1. The lowest BCUT2D eigenvalue weighted by molar-refractivity contribution is 0.286. The van der Waals surface area contributed by atoms with Crippen molar-refractivity contribution in [2.24, 2.45) is 0 Å². The fourth-order valence-corrected chi connectivity index (χ4v) is 4.79. The van der Waals surface area contributed by atoms with Crippen molar-refractivity contribution in [3.05, 3.63) is 82.9 Å². The lowest BCUT2D eigenvalue weighted by Crippen LogP contribution is -2.10. The smallest absolute Gasteiger partial charge is 0.191 e. The number of halogens is 1. The van der Waals surface area contributed by atoms with E-state index in [0.29, 0.717) is 18.9 Å². The molecule has 0 bridgehead atoms. The molecule has 0 unspecified atom stereocenters. The minimum atomic E-state index is -0.226. The first-order chi connectivity index (χ1) is 14.7. The Labute approximate surface area is 181 Å². The number of hydrogen-bond acceptors (Lipinski definition) is 4. The Morgan fingerprint density at radius 3 is 2.73 bits per heavy atom.